The maximum absolute atomic E-state index is 5.56. The van der Waals surface area contributed by atoms with Gasteiger partial charge in [-0.05, 0) is 45.4 Å². The van der Waals surface area contributed by atoms with Gasteiger partial charge in [0.25, 0.3) is 0 Å². The number of rotatable bonds is 5. The van der Waals surface area contributed by atoms with E-state index in [0.29, 0.717) is 6.04 Å². The summed E-state index contributed by atoms with van der Waals surface area (Å²) in [7, 11) is 0. The highest BCUT2D eigenvalue weighted by Gasteiger charge is 2.11. The molecular formula is C16H21NO. The van der Waals surface area contributed by atoms with Crippen molar-refractivity contribution in [3.05, 3.63) is 59.0 Å². The molecule has 0 radical (unpaired) electrons. The average Bonchev–Trinajstić information content (AvgIpc) is 2.70. The van der Waals surface area contributed by atoms with Crippen LogP contribution in [0.3, 0.4) is 0 Å². The van der Waals surface area contributed by atoms with E-state index in [1.54, 1.807) is 0 Å². The standard InChI is InChI=1S/C16H21NO/c1-12-11-16(14(3)18-12)13(2)17-10-9-15-7-5-4-6-8-15/h4-8,11,13,17H,9-10H2,1-3H3. The van der Waals surface area contributed by atoms with Crippen molar-refractivity contribution in [2.24, 2.45) is 0 Å². The molecule has 0 amide bonds. The van der Waals surface area contributed by atoms with Crippen molar-refractivity contribution in [3.8, 4) is 0 Å². The van der Waals surface area contributed by atoms with Crippen LogP contribution in [0.4, 0.5) is 0 Å². The Morgan fingerprint density at radius 3 is 2.50 bits per heavy atom. The molecule has 0 saturated heterocycles. The van der Waals surface area contributed by atoms with E-state index >= 15 is 0 Å². The van der Waals surface area contributed by atoms with Crippen molar-refractivity contribution in [1.29, 1.82) is 0 Å². The fourth-order valence-electron chi connectivity index (χ4n) is 2.27. The van der Waals surface area contributed by atoms with Crippen LogP contribution in [0.25, 0.3) is 0 Å². The molecule has 2 heteroatoms. The molecule has 1 N–H and O–H groups in total. The number of aryl methyl sites for hydroxylation is 2. The minimum Gasteiger partial charge on any atom is -0.466 e. The van der Waals surface area contributed by atoms with Gasteiger partial charge in [-0.1, -0.05) is 30.3 Å². The second-order valence-corrected chi connectivity index (χ2v) is 4.78. The Balaban J connectivity index is 1.85. The molecule has 1 atom stereocenters. The zero-order valence-corrected chi connectivity index (χ0v) is 11.4. The molecule has 0 spiro atoms. The molecule has 0 aliphatic heterocycles. The molecule has 1 heterocycles. The van der Waals surface area contributed by atoms with Crippen LogP contribution in [0, 0.1) is 13.8 Å². The van der Waals surface area contributed by atoms with E-state index in [1.165, 1.54) is 11.1 Å². The van der Waals surface area contributed by atoms with E-state index in [-0.39, 0.29) is 0 Å². The minimum atomic E-state index is 0.339. The SMILES string of the molecule is Cc1cc(C(C)NCCc2ccccc2)c(C)o1. The summed E-state index contributed by atoms with van der Waals surface area (Å²) in [6, 6.07) is 13.0. The summed E-state index contributed by atoms with van der Waals surface area (Å²) in [5.74, 6) is 2.01. The van der Waals surface area contributed by atoms with Crippen molar-refractivity contribution >= 4 is 0 Å². The molecule has 18 heavy (non-hydrogen) atoms. The van der Waals surface area contributed by atoms with Crippen LogP contribution in [0.2, 0.25) is 0 Å². The van der Waals surface area contributed by atoms with Crippen LogP contribution < -0.4 is 5.32 Å². The maximum Gasteiger partial charge on any atom is 0.105 e. The normalized spacial score (nSPS) is 12.6. The Bertz CT molecular complexity index is 487. The van der Waals surface area contributed by atoms with Gasteiger partial charge < -0.3 is 9.73 Å². The van der Waals surface area contributed by atoms with Crippen molar-refractivity contribution in [2.75, 3.05) is 6.54 Å². The third kappa shape index (κ3) is 3.23. The van der Waals surface area contributed by atoms with Gasteiger partial charge in [0.05, 0.1) is 0 Å². The highest BCUT2D eigenvalue weighted by Crippen LogP contribution is 2.20. The maximum atomic E-state index is 5.56. The summed E-state index contributed by atoms with van der Waals surface area (Å²) in [4.78, 5) is 0. The zero-order chi connectivity index (χ0) is 13.0. The number of furan rings is 1. The predicted molar refractivity (Wildman–Crippen MR) is 74.7 cm³/mol. The Morgan fingerprint density at radius 2 is 1.89 bits per heavy atom. The topological polar surface area (TPSA) is 25.2 Å². The summed E-state index contributed by atoms with van der Waals surface area (Å²) in [6.45, 7) is 7.18. The Kier molecular flexibility index (Phi) is 4.21. The van der Waals surface area contributed by atoms with Crippen molar-refractivity contribution in [2.45, 2.75) is 33.2 Å². The summed E-state index contributed by atoms with van der Waals surface area (Å²) >= 11 is 0. The molecule has 2 nitrogen and oxygen atoms in total. The quantitative estimate of drug-likeness (QED) is 0.864. The van der Waals surface area contributed by atoms with Crippen LogP contribution in [-0.2, 0) is 6.42 Å². The number of nitrogens with one attached hydrogen (secondary N) is 1. The molecule has 0 fully saturated rings. The highest BCUT2D eigenvalue weighted by atomic mass is 16.3. The smallest absolute Gasteiger partial charge is 0.105 e. The number of hydrogen-bond donors (Lipinski definition) is 1. The summed E-state index contributed by atoms with van der Waals surface area (Å²) < 4.78 is 5.56. The number of hydrogen-bond acceptors (Lipinski definition) is 2. The first-order chi connectivity index (χ1) is 8.66. The molecule has 1 aromatic heterocycles. The lowest BCUT2D eigenvalue weighted by Gasteiger charge is -2.13. The van der Waals surface area contributed by atoms with Crippen LogP contribution >= 0.6 is 0 Å². The van der Waals surface area contributed by atoms with Gasteiger partial charge in [0, 0.05) is 11.6 Å². The van der Waals surface area contributed by atoms with Gasteiger partial charge in [-0.2, -0.15) is 0 Å². The lowest BCUT2D eigenvalue weighted by Crippen LogP contribution is -2.21. The summed E-state index contributed by atoms with van der Waals surface area (Å²) in [5.41, 5.74) is 2.64. The molecule has 1 unspecified atom stereocenters. The lowest BCUT2D eigenvalue weighted by molar-refractivity contribution is 0.490. The fraction of sp³-hybridized carbons (Fsp3) is 0.375. The highest BCUT2D eigenvalue weighted by molar-refractivity contribution is 5.23. The molecule has 0 bridgehead atoms. The Morgan fingerprint density at radius 1 is 1.17 bits per heavy atom. The molecule has 0 aliphatic rings. The van der Waals surface area contributed by atoms with Gasteiger partial charge >= 0.3 is 0 Å². The van der Waals surface area contributed by atoms with Gasteiger partial charge in [0.1, 0.15) is 11.5 Å². The molecule has 96 valence electrons. The Hall–Kier alpha value is -1.54. The van der Waals surface area contributed by atoms with Crippen LogP contribution in [-0.4, -0.2) is 6.54 Å². The zero-order valence-electron chi connectivity index (χ0n) is 11.4. The summed E-state index contributed by atoms with van der Waals surface area (Å²) in [5, 5.41) is 3.54. The second kappa shape index (κ2) is 5.87. The molecule has 1 aromatic carbocycles. The van der Waals surface area contributed by atoms with E-state index in [1.807, 2.05) is 13.8 Å². The summed E-state index contributed by atoms with van der Waals surface area (Å²) in [6.07, 6.45) is 1.06. The van der Waals surface area contributed by atoms with E-state index in [9.17, 15) is 0 Å². The monoisotopic (exact) mass is 243 g/mol. The molecular weight excluding hydrogens is 222 g/mol. The molecule has 0 saturated carbocycles. The average molecular weight is 243 g/mol. The van der Waals surface area contributed by atoms with Gasteiger partial charge in [0.15, 0.2) is 0 Å². The van der Waals surface area contributed by atoms with Gasteiger partial charge in [-0.15, -0.1) is 0 Å². The Labute approximate surface area is 109 Å². The van der Waals surface area contributed by atoms with E-state index in [2.05, 4.69) is 48.6 Å². The number of benzene rings is 1. The first-order valence-electron chi connectivity index (χ1n) is 6.51. The largest absolute Gasteiger partial charge is 0.466 e. The first-order valence-corrected chi connectivity index (χ1v) is 6.51. The van der Waals surface area contributed by atoms with E-state index < -0.39 is 0 Å². The minimum absolute atomic E-state index is 0.339. The van der Waals surface area contributed by atoms with Gasteiger partial charge in [0.2, 0.25) is 0 Å². The van der Waals surface area contributed by atoms with E-state index in [4.69, 9.17) is 4.42 Å². The second-order valence-electron chi connectivity index (χ2n) is 4.78. The molecule has 0 aliphatic carbocycles. The van der Waals surface area contributed by atoms with Crippen LogP contribution in [0.15, 0.2) is 40.8 Å². The van der Waals surface area contributed by atoms with Crippen LogP contribution in [0.5, 0.6) is 0 Å². The third-order valence-electron chi connectivity index (χ3n) is 3.25. The van der Waals surface area contributed by atoms with Gasteiger partial charge in [-0.25, -0.2) is 0 Å². The third-order valence-corrected chi connectivity index (χ3v) is 3.25. The van der Waals surface area contributed by atoms with Crippen molar-refractivity contribution in [1.82, 2.24) is 5.32 Å². The first kappa shape index (κ1) is 12.9. The fourth-order valence-corrected chi connectivity index (χ4v) is 2.27. The molecule has 2 aromatic rings. The predicted octanol–water partition coefficient (Wildman–Crippen LogP) is 3.79. The van der Waals surface area contributed by atoms with Crippen molar-refractivity contribution < 1.29 is 4.42 Å². The van der Waals surface area contributed by atoms with Gasteiger partial charge in [-0.3, -0.25) is 0 Å². The van der Waals surface area contributed by atoms with Crippen molar-refractivity contribution in [3.63, 3.8) is 0 Å². The molecule has 2 rings (SSSR count). The van der Waals surface area contributed by atoms with Crippen LogP contribution in [0.1, 0.15) is 35.6 Å². The van der Waals surface area contributed by atoms with E-state index in [0.717, 1.165) is 24.5 Å². The lowest BCUT2D eigenvalue weighted by atomic mass is 10.1.